The van der Waals surface area contributed by atoms with E-state index in [1.807, 2.05) is 0 Å². The van der Waals surface area contributed by atoms with Gasteiger partial charge in [-0.2, -0.15) is 0 Å². The summed E-state index contributed by atoms with van der Waals surface area (Å²) >= 11 is 0. The highest BCUT2D eigenvalue weighted by atomic mass is 16.6. The zero-order valence-electron chi connectivity index (χ0n) is 13.3. The second-order valence-corrected chi connectivity index (χ2v) is 7.69. The molecular weight excluding hydrogens is 268 g/mol. The highest BCUT2D eigenvalue weighted by Crippen LogP contribution is 2.75. The molecule has 0 aliphatic heterocycles. The van der Waals surface area contributed by atoms with Crippen LogP contribution in [0.3, 0.4) is 0 Å². The number of hydrogen-bond donors (Lipinski definition) is 0. The predicted molar refractivity (Wildman–Crippen MR) is 77.4 cm³/mol. The SMILES string of the molecule is CC1C(C)(C)C12CCCC(C(=O)OCC(=O)OC1CC1)C2. The van der Waals surface area contributed by atoms with Crippen molar-refractivity contribution in [1.82, 2.24) is 0 Å². The highest BCUT2D eigenvalue weighted by Gasteiger charge is 2.68. The van der Waals surface area contributed by atoms with Crippen molar-refractivity contribution in [2.75, 3.05) is 6.61 Å². The van der Waals surface area contributed by atoms with Gasteiger partial charge in [0.1, 0.15) is 6.10 Å². The van der Waals surface area contributed by atoms with E-state index in [9.17, 15) is 9.59 Å². The first kappa shape index (κ1) is 14.9. The van der Waals surface area contributed by atoms with E-state index in [0.29, 0.717) is 16.7 Å². The summed E-state index contributed by atoms with van der Waals surface area (Å²) in [4.78, 5) is 23.7. The summed E-state index contributed by atoms with van der Waals surface area (Å²) in [6.07, 6.45) is 6.06. The molecular formula is C17H26O4. The van der Waals surface area contributed by atoms with Gasteiger partial charge >= 0.3 is 11.9 Å². The summed E-state index contributed by atoms with van der Waals surface area (Å²) in [6.45, 7) is 6.68. The first-order chi connectivity index (χ1) is 9.87. The Kier molecular flexibility index (Phi) is 3.53. The maximum absolute atomic E-state index is 12.2. The van der Waals surface area contributed by atoms with E-state index in [0.717, 1.165) is 32.1 Å². The summed E-state index contributed by atoms with van der Waals surface area (Å²) in [7, 11) is 0. The molecule has 21 heavy (non-hydrogen) atoms. The van der Waals surface area contributed by atoms with Gasteiger partial charge in [0.15, 0.2) is 6.61 Å². The number of esters is 2. The second-order valence-electron chi connectivity index (χ2n) is 7.69. The summed E-state index contributed by atoms with van der Waals surface area (Å²) in [5, 5.41) is 0. The van der Waals surface area contributed by atoms with E-state index < -0.39 is 5.97 Å². The standard InChI is InChI=1S/C17H26O4/c1-11-16(2,3)17(11)8-4-5-12(9-17)15(19)20-10-14(18)21-13-6-7-13/h11-13H,4-10H2,1-3H3. The van der Waals surface area contributed by atoms with E-state index in [-0.39, 0.29) is 24.6 Å². The monoisotopic (exact) mass is 294 g/mol. The summed E-state index contributed by atoms with van der Waals surface area (Å²) < 4.78 is 10.3. The number of ether oxygens (including phenoxy) is 2. The summed E-state index contributed by atoms with van der Waals surface area (Å²) in [5.41, 5.74) is 0.639. The molecule has 0 saturated heterocycles. The molecule has 4 nitrogen and oxygen atoms in total. The molecule has 0 aromatic heterocycles. The lowest BCUT2D eigenvalue weighted by Crippen LogP contribution is -2.29. The van der Waals surface area contributed by atoms with Crippen molar-refractivity contribution < 1.29 is 19.1 Å². The van der Waals surface area contributed by atoms with E-state index in [1.54, 1.807) is 0 Å². The molecule has 3 rings (SSSR count). The molecule has 0 aromatic rings. The molecule has 0 bridgehead atoms. The summed E-state index contributed by atoms with van der Waals surface area (Å²) in [5.74, 6) is 0.00495. The van der Waals surface area contributed by atoms with Crippen molar-refractivity contribution in [3.63, 3.8) is 0 Å². The van der Waals surface area contributed by atoms with Crippen LogP contribution in [0.15, 0.2) is 0 Å². The van der Waals surface area contributed by atoms with Crippen molar-refractivity contribution >= 4 is 11.9 Å². The molecule has 3 fully saturated rings. The minimum atomic E-state index is -0.406. The molecule has 1 spiro atoms. The number of hydrogen-bond acceptors (Lipinski definition) is 4. The predicted octanol–water partition coefficient (Wildman–Crippen LogP) is 3.09. The van der Waals surface area contributed by atoms with Crippen molar-refractivity contribution in [2.24, 2.45) is 22.7 Å². The van der Waals surface area contributed by atoms with E-state index in [4.69, 9.17) is 9.47 Å². The van der Waals surface area contributed by atoms with Crippen LogP contribution in [0.5, 0.6) is 0 Å². The molecule has 4 heteroatoms. The minimum Gasteiger partial charge on any atom is -0.460 e. The minimum absolute atomic E-state index is 0.0447. The Hall–Kier alpha value is -1.06. The molecule has 3 atom stereocenters. The van der Waals surface area contributed by atoms with Gasteiger partial charge in [-0.05, 0) is 48.9 Å². The topological polar surface area (TPSA) is 52.6 Å². The van der Waals surface area contributed by atoms with Crippen LogP contribution in [0.2, 0.25) is 0 Å². The third-order valence-corrected chi connectivity index (χ3v) is 6.39. The number of carbonyl (C=O) groups excluding carboxylic acids is 2. The van der Waals surface area contributed by atoms with Gasteiger partial charge in [0, 0.05) is 0 Å². The van der Waals surface area contributed by atoms with Crippen LogP contribution < -0.4 is 0 Å². The lowest BCUT2D eigenvalue weighted by molar-refractivity contribution is -0.163. The normalized spacial score (nSPS) is 37.1. The lowest BCUT2D eigenvalue weighted by atomic mass is 9.75. The van der Waals surface area contributed by atoms with Gasteiger partial charge in [0.2, 0.25) is 0 Å². The first-order valence-corrected chi connectivity index (χ1v) is 8.23. The molecule has 0 amide bonds. The van der Waals surface area contributed by atoms with Crippen molar-refractivity contribution in [2.45, 2.75) is 65.4 Å². The molecule has 0 radical (unpaired) electrons. The Balaban J connectivity index is 1.49. The highest BCUT2D eigenvalue weighted by molar-refractivity contribution is 5.78. The van der Waals surface area contributed by atoms with E-state index >= 15 is 0 Å². The molecule has 118 valence electrons. The van der Waals surface area contributed by atoms with E-state index in [2.05, 4.69) is 20.8 Å². The fraction of sp³-hybridized carbons (Fsp3) is 0.882. The van der Waals surface area contributed by atoms with Crippen LogP contribution in [0.1, 0.15) is 59.3 Å². The molecule has 0 heterocycles. The average molecular weight is 294 g/mol. The van der Waals surface area contributed by atoms with Gasteiger partial charge in [-0.1, -0.05) is 27.2 Å². The number of rotatable bonds is 4. The van der Waals surface area contributed by atoms with Gasteiger partial charge in [0.05, 0.1) is 5.92 Å². The molecule has 3 aliphatic carbocycles. The lowest BCUT2D eigenvalue weighted by Gasteiger charge is -2.31. The average Bonchev–Trinajstić information content (AvgIpc) is 3.33. The Bertz CT molecular complexity index is 452. The molecule has 0 aromatic carbocycles. The Morgan fingerprint density at radius 2 is 1.86 bits per heavy atom. The fourth-order valence-corrected chi connectivity index (χ4v) is 4.37. The molecule has 3 unspecified atom stereocenters. The Morgan fingerprint density at radius 3 is 2.43 bits per heavy atom. The van der Waals surface area contributed by atoms with Gasteiger partial charge in [-0.25, -0.2) is 4.79 Å². The van der Waals surface area contributed by atoms with Gasteiger partial charge < -0.3 is 9.47 Å². The largest absolute Gasteiger partial charge is 0.460 e. The van der Waals surface area contributed by atoms with Crippen molar-refractivity contribution in [3.8, 4) is 0 Å². The smallest absolute Gasteiger partial charge is 0.344 e. The Labute approximate surface area is 126 Å². The molecule has 0 N–H and O–H groups in total. The maximum Gasteiger partial charge on any atom is 0.344 e. The third-order valence-electron chi connectivity index (χ3n) is 6.39. The summed E-state index contributed by atoms with van der Waals surface area (Å²) in [6, 6.07) is 0. The van der Waals surface area contributed by atoms with Crippen LogP contribution in [-0.4, -0.2) is 24.6 Å². The van der Waals surface area contributed by atoms with Crippen LogP contribution in [0.25, 0.3) is 0 Å². The zero-order chi connectivity index (χ0) is 15.3. The Morgan fingerprint density at radius 1 is 1.19 bits per heavy atom. The quantitative estimate of drug-likeness (QED) is 0.748. The van der Waals surface area contributed by atoms with Crippen LogP contribution in [0.4, 0.5) is 0 Å². The maximum atomic E-state index is 12.2. The third kappa shape index (κ3) is 2.58. The van der Waals surface area contributed by atoms with E-state index in [1.165, 1.54) is 6.42 Å². The second kappa shape index (κ2) is 4.99. The van der Waals surface area contributed by atoms with Gasteiger partial charge in [-0.3, -0.25) is 4.79 Å². The van der Waals surface area contributed by atoms with Crippen LogP contribution >= 0.6 is 0 Å². The van der Waals surface area contributed by atoms with Crippen LogP contribution in [-0.2, 0) is 19.1 Å². The van der Waals surface area contributed by atoms with Crippen molar-refractivity contribution in [3.05, 3.63) is 0 Å². The van der Waals surface area contributed by atoms with Gasteiger partial charge in [0.25, 0.3) is 0 Å². The van der Waals surface area contributed by atoms with Crippen LogP contribution in [0, 0.1) is 22.7 Å². The first-order valence-electron chi connectivity index (χ1n) is 8.23. The molecule has 3 saturated carbocycles. The number of carbonyl (C=O) groups is 2. The fourth-order valence-electron chi connectivity index (χ4n) is 4.37. The molecule has 3 aliphatic rings. The van der Waals surface area contributed by atoms with Gasteiger partial charge in [-0.15, -0.1) is 0 Å². The zero-order valence-corrected chi connectivity index (χ0v) is 13.3. The van der Waals surface area contributed by atoms with Crippen molar-refractivity contribution in [1.29, 1.82) is 0 Å².